The topological polar surface area (TPSA) is 37.9 Å². The highest BCUT2D eigenvalue weighted by Gasteiger charge is 2.27. The molecule has 2 heterocycles. The molecule has 0 unspecified atom stereocenters. The second-order valence-corrected chi connectivity index (χ2v) is 6.01. The molecule has 0 amide bonds. The Morgan fingerprint density at radius 3 is 3.00 bits per heavy atom. The number of hydrogen-bond acceptors (Lipinski definition) is 3. The Morgan fingerprint density at radius 1 is 1.35 bits per heavy atom. The van der Waals surface area contributed by atoms with E-state index in [4.69, 9.17) is 17.0 Å². The van der Waals surface area contributed by atoms with Gasteiger partial charge >= 0.3 is 0 Å². The third-order valence-electron chi connectivity index (χ3n) is 4.11. The first-order valence-corrected chi connectivity index (χ1v) is 7.50. The summed E-state index contributed by atoms with van der Waals surface area (Å²) in [4.78, 5) is 8.03. The molecule has 20 heavy (non-hydrogen) atoms. The Labute approximate surface area is 123 Å². The van der Waals surface area contributed by atoms with Gasteiger partial charge in [-0.2, -0.15) is 0 Å². The predicted molar refractivity (Wildman–Crippen MR) is 80.8 cm³/mol. The smallest absolute Gasteiger partial charge is 0.133 e. The number of H-pyrrole nitrogens is 1. The lowest BCUT2D eigenvalue weighted by Gasteiger charge is -2.10. The maximum Gasteiger partial charge on any atom is 0.133 e. The molecule has 1 saturated carbocycles. The van der Waals surface area contributed by atoms with Gasteiger partial charge in [0.2, 0.25) is 0 Å². The number of nitrogens with one attached hydrogen (secondary N) is 1. The number of fused-ring (bicyclic) bond motifs is 1. The first kappa shape index (κ1) is 12.1. The van der Waals surface area contributed by atoms with Crippen molar-refractivity contribution < 1.29 is 4.74 Å². The van der Waals surface area contributed by atoms with Crippen molar-refractivity contribution in [3.8, 4) is 17.0 Å². The van der Waals surface area contributed by atoms with Crippen molar-refractivity contribution in [2.24, 2.45) is 0 Å². The SMILES string of the molecule is Cc1c(-c2ccc3c(c2)CCO3)[nH]c(C2CC2)nc1=S. The monoisotopic (exact) mass is 284 g/mol. The van der Waals surface area contributed by atoms with E-state index < -0.39 is 0 Å². The number of aromatic amines is 1. The zero-order valence-corrected chi connectivity index (χ0v) is 12.2. The quantitative estimate of drug-likeness (QED) is 0.849. The van der Waals surface area contributed by atoms with E-state index in [1.165, 1.54) is 24.0 Å². The van der Waals surface area contributed by atoms with Crippen molar-refractivity contribution in [2.45, 2.75) is 32.1 Å². The zero-order chi connectivity index (χ0) is 13.7. The summed E-state index contributed by atoms with van der Waals surface area (Å²) in [5.41, 5.74) is 4.64. The highest BCUT2D eigenvalue weighted by Crippen LogP contribution is 2.39. The van der Waals surface area contributed by atoms with Crippen molar-refractivity contribution in [3.05, 3.63) is 39.8 Å². The summed E-state index contributed by atoms with van der Waals surface area (Å²) in [6, 6.07) is 6.38. The largest absolute Gasteiger partial charge is 0.493 e. The molecule has 1 aromatic carbocycles. The minimum atomic E-state index is 0.578. The van der Waals surface area contributed by atoms with Crippen molar-refractivity contribution >= 4 is 12.2 Å². The summed E-state index contributed by atoms with van der Waals surface area (Å²) in [7, 11) is 0. The zero-order valence-electron chi connectivity index (χ0n) is 11.4. The molecule has 1 N–H and O–H groups in total. The van der Waals surface area contributed by atoms with Crippen LogP contribution in [0.5, 0.6) is 5.75 Å². The Balaban J connectivity index is 1.86. The number of nitrogens with zero attached hydrogens (tertiary/aromatic N) is 1. The lowest BCUT2D eigenvalue weighted by atomic mass is 10.0. The average Bonchev–Trinajstić information content (AvgIpc) is 3.19. The van der Waals surface area contributed by atoms with Crippen LogP contribution in [0.15, 0.2) is 18.2 Å². The summed E-state index contributed by atoms with van der Waals surface area (Å²) < 4.78 is 6.29. The fraction of sp³-hybridized carbons (Fsp3) is 0.375. The lowest BCUT2D eigenvalue weighted by molar-refractivity contribution is 0.357. The molecule has 1 fully saturated rings. The first-order valence-electron chi connectivity index (χ1n) is 7.09. The van der Waals surface area contributed by atoms with Crippen LogP contribution in [-0.2, 0) is 6.42 Å². The van der Waals surface area contributed by atoms with Gasteiger partial charge < -0.3 is 9.72 Å². The summed E-state index contributed by atoms with van der Waals surface area (Å²) in [6.07, 6.45) is 3.43. The lowest BCUT2D eigenvalue weighted by Crippen LogP contribution is -1.99. The van der Waals surface area contributed by atoms with Crippen LogP contribution in [-0.4, -0.2) is 16.6 Å². The fourth-order valence-electron chi connectivity index (χ4n) is 2.73. The van der Waals surface area contributed by atoms with E-state index >= 15 is 0 Å². The van der Waals surface area contributed by atoms with Gasteiger partial charge in [0.15, 0.2) is 0 Å². The minimum absolute atomic E-state index is 0.578. The van der Waals surface area contributed by atoms with Crippen molar-refractivity contribution in [2.75, 3.05) is 6.61 Å². The van der Waals surface area contributed by atoms with E-state index in [0.29, 0.717) is 5.92 Å². The number of hydrogen-bond donors (Lipinski definition) is 1. The Kier molecular flexibility index (Phi) is 2.67. The molecular weight excluding hydrogens is 268 g/mol. The van der Waals surface area contributed by atoms with Crippen LogP contribution >= 0.6 is 12.2 Å². The van der Waals surface area contributed by atoms with Gasteiger partial charge in [0.05, 0.1) is 12.3 Å². The molecule has 4 heteroatoms. The third kappa shape index (κ3) is 1.95. The molecule has 0 bridgehead atoms. The summed E-state index contributed by atoms with van der Waals surface area (Å²) >= 11 is 5.42. The van der Waals surface area contributed by atoms with Crippen LogP contribution in [0.4, 0.5) is 0 Å². The average molecular weight is 284 g/mol. The molecule has 3 nitrogen and oxygen atoms in total. The van der Waals surface area contributed by atoms with Crippen LogP contribution in [0, 0.1) is 11.6 Å². The van der Waals surface area contributed by atoms with Crippen LogP contribution in [0.3, 0.4) is 0 Å². The summed E-state index contributed by atoms with van der Waals surface area (Å²) in [6.45, 7) is 2.83. The third-order valence-corrected chi connectivity index (χ3v) is 4.51. The van der Waals surface area contributed by atoms with Crippen molar-refractivity contribution in [3.63, 3.8) is 0 Å². The van der Waals surface area contributed by atoms with Gasteiger partial charge in [-0.05, 0) is 49.1 Å². The van der Waals surface area contributed by atoms with Crippen molar-refractivity contribution in [1.29, 1.82) is 0 Å². The first-order chi connectivity index (χ1) is 9.72. The van der Waals surface area contributed by atoms with Gasteiger partial charge in [-0.15, -0.1) is 0 Å². The molecular formula is C16H16N2OS. The summed E-state index contributed by atoms with van der Waals surface area (Å²) in [5.74, 6) is 2.64. The van der Waals surface area contributed by atoms with Gasteiger partial charge in [-0.1, -0.05) is 12.2 Å². The van der Waals surface area contributed by atoms with Gasteiger partial charge in [0.25, 0.3) is 0 Å². The fourth-order valence-corrected chi connectivity index (χ4v) is 2.93. The molecule has 102 valence electrons. The van der Waals surface area contributed by atoms with Crippen LogP contribution in [0.25, 0.3) is 11.3 Å². The molecule has 1 aliphatic heterocycles. The van der Waals surface area contributed by atoms with Gasteiger partial charge in [-0.25, -0.2) is 4.98 Å². The molecule has 2 aromatic rings. The van der Waals surface area contributed by atoms with Gasteiger partial charge in [0, 0.05) is 17.9 Å². The Hall–Kier alpha value is -1.68. The number of ether oxygens (including phenoxy) is 1. The van der Waals surface area contributed by atoms with Crippen LogP contribution in [0.2, 0.25) is 0 Å². The minimum Gasteiger partial charge on any atom is -0.493 e. The molecule has 0 spiro atoms. The molecule has 1 aromatic heterocycles. The second kappa shape index (κ2) is 4.42. The number of aromatic nitrogens is 2. The Morgan fingerprint density at radius 2 is 2.20 bits per heavy atom. The molecule has 0 saturated heterocycles. The molecule has 0 radical (unpaired) electrons. The molecule has 0 atom stereocenters. The maximum absolute atomic E-state index is 5.57. The van der Waals surface area contributed by atoms with E-state index in [2.05, 4.69) is 28.2 Å². The van der Waals surface area contributed by atoms with Crippen LogP contribution < -0.4 is 4.74 Å². The Bertz CT molecular complexity index is 747. The number of rotatable bonds is 2. The predicted octanol–water partition coefficient (Wildman–Crippen LogP) is 3.93. The van der Waals surface area contributed by atoms with E-state index in [1.807, 2.05) is 6.92 Å². The molecule has 2 aliphatic rings. The highest BCUT2D eigenvalue weighted by molar-refractivity contribution is 7.71. The van der Waals surface area contributed by atoms with Gasteiger partial charge in [0.1, 0.15) is 16.2 Å². The van der Waals surface area contributed by atoms with Crippen molar-refractivity contribution in [1.82, 2.24) is 9.97 Å². The highest BCUT2D eigenvalue weighted by atomic mass is 32.1. The van der Waals surface area contributed by atoms with Crippen LogP contribution in [0.1, 0.15) is 35.7 Å². The normalized spacial score (nSPS) is 16.9. The summed E-state index contributed by atoms with van der Waals surface area (Å²) in [5, 5.41) is 0. The van der Waals surface area contributed by atoms with Gasteiger partial charge in [-0.3, -0.25) is 0 Å². The van der Waals surface area contributed by atoms with E-state index in [1.54, 1.807) is 0 Å². The maximum atomic E-state index is 5.57. The molecule has 4 rings (SSSR count). The van der Waals surface area contributed by atoms with E-state index in [-0.39, 0.29) is 0 Å². The molecule has 1 aliphatic carbocycles. The second-order valence-electron chi connectivity index (χ2n) is 5.62. The van der Waals surface area contributed by atoms with E-state index in [0.717, 1.165) is 40.5 Å². The van der Waals surface area contributed by atoms with E-state index in [9.17, 15) is 0 Å². The standard InChI is InChI=1S/C16H16N2OS/c1-9-14(17-15(10-2-3-10)18-16(9)20)12-4-5-13-11(8-12)6-7-19-13/h4-5,8,10H,2-3,6-7H2,1H3,(H,17,18,20). The number of benzene rings is 1.